The number of hydrogen-bond donors (Lipinski definition) is 0. The number of benzene rings is 1. The van der Waals surface area contributed by atoms with Crippen molar-refractivity contribution in [1.82, 2.24) is 0 Å². The molecule has 2 unspecified atom stereocenters. The van der Waals surface area contributed by atoms with Gasteiger partial charge in [-0.1, -0.05) is 55.3 Å². The van der Waals surface area contributed by atoms with Crippen LogP contribution in [0, 0.1) is 12.8 Å². The van der Waals surface area contributed by atoms with Crippen molar-refractivity contribution in [3.63, 3.8) is 0 Å². The summed E-state index contributed by atoms with van der Waals surface area (Å²) < 4.78 is 5.23. The largest absolute Gasteiger partial charge is 0.385 e. The van der Waals surface area contributed by atoms with Gasteiger partial charge in [0, 0.05) is 19.6 Å². The van der Waals surface area contributed by atoms with Crippen LogP contribution in [0.4, 0.5) is 0 Å². The summed E-state index contributed by atoms with van der Waals surface area (Å²) in [4.78, 5) is 0. The highest BCUT2D eigenvalue weighted by Crippen LogP contribution is 2.35. The lowest BCUT2D eigenvalue weighted by Gasteiger charge is -2.27. The predicted molar refractivity (Wildman–Crippen MR) is 79.0 cm³/mol. The van der Waals surface area contributed by atoms with Crippen molar-refractivity contribution in [2.45, 2.75) is 39.5 Å². The molecular weight excluding hydrogens is 220 g/mol. The smallest absolute Gasteiger partial charge is 0.0465 e. The van der Waals surface area contributed by atoms with E-state index >= 15 is 0 Å². The number of ether oxygens (including phenoxy) is 1. The van der Waals surface area contributed by atoms with E-state index in [0.29, 0.717) is 11.8 Å². The van der Waals surface area contributed by atoms with Crippen molar-refractivity contribution in [2.24, 2.45) is 5.92 Å². The molecule has 0 saturated carbocycles. The van der Waals surface area contributed by atoms with E-state index in [4.69, 9.17) is 4.74 Å². The standard InChI is InChI=1S/C17H26O/c1-6-15(11-12-18-5)17(13(2)3)16-9-7-14(4)8-10-16/h7-10,15,17H,2,6,11-12H2,1,3-5H3. The van der Waals surface area contributed by atoms with Crippen molar-refractivity contribution in [3.8, 4) is 0 Å². The first-order chi connectivity index (χ1) is 8.60. The van der Waals surface area contributed by atoms with Gasteiger partial charge in [-0.05, 0) is 31.7 Å². The van der Waals surface area contributed by atoms with Gasteiger partial charge in [-0.3, -0.25) is 0 Å². The molecule has 0 aromatic heterocycles. The molecule has 100 valence electrons. The van der Waals surface area contributed by atoms with Gasteiger partial charge in [-0.25, -0.2) is 0 Å². The van der Waals surface area contributed by atoms with Crippen molar-refractivity contribution in [2.75, 3.05) is 13.7 Å². The molecule has 2 atom stereocenters. The molecule has 0 spiro atoms. The van der Waals surface area contributed by atoms with E-state index in [-0.39, 0.29) is 0 Å². The van der Waals surface area contributed by atoms with Crippen LogP contribution in [-0.2, 0) is 4.74 Å². The summed E-state index contributed by atoms with van der Waals surface area (Å²) in [7, 11) is 1.77. The second-order valence-electron chi connectivity index (χ2n) is 5.18. The Morgan fingerprint density at radius 1 is 1.28 bits per heavy atom. The predicted octanol–water partition coefficient (Wildman–Crippen LogP) is 4.72. The second-order valence-corrected chi connectivity index (χ2v) is 5.18. The van der Waals surface area contributed by atoms with Gasteiger partial charge in [-0.2, -0.15) is 0 Å². The molecule has 1 aromatic rings. The van der Waals surface area contributed by atoms with E-state index in [9.17, 15) is 0 Å². The van der Waals surface area contributed by atoms with Crippen LogP contribution >= 0.6 is 0 Å². The molecule has 1 aromatic carbocycles. The molecule has 0 saturated heterocycles. The van der Waals surface area contributed by atoms with E-state index in [1.165, 1.54) is 16.7 Å². The first kappa shape index (κ1) is 15.0. The van der Waals surface area contributed by atoms with Gasteiger partial charge in [0.1, 0.15) is 0 Å². The van der Waals surface area contributed by atoms with E-state index in [2.05, 4.69) is 51.6 Å². The average Bonchev–Trinajstić information content (AvgIpc) is 2.35. The topological polar surface area (TPSA) is 9.23 Å². The fourth-order valence-corrected chi connectivity index (χ4v) is 2.61. The molecule has 0 N–H and O–H groups in total. The van der Waals surface area contributed by atoms with E-state index < -0.39 is 0 Å². The Labute approximate surface area is 112 Å². The summed E-state index contributed by atoms with van der Waals surface area (Å²) in [6.45, 7) is 11.5. The molecule has 0 aliphatic carbocycles. The zero-order chi connectivity index (χ0) is 13.5. The molecule has 1 nitrogen and oxygen atoms in total. The maximum Gasteiger partial charge on any atom is 0.0465 e. The number of hydrogen-bond acceptors (Lipinski definition) is 1. The number of rotatable bonds is 7. The maximum atomic E-state index is 5.23. The lowest BCUT2D eigenvalue weighted by Crippen LogP contribution is -2.15. The Balaban J connectivity index is 2.93. The minimum absolute atomic E-state index is 0.450. The fraction of sp³-hybridized carbons (Fsp3) is 0.529. The van der Waals surface area contributed by atoms with Gasteiger partial charge >= 0.3 is 0 Å². The van der Waals surface area contributed by atoms with Crippen LogP contribution in [0.5, 0.6) is 0 Å². The van der Waals surface area contributed by atoms with Gasteiger partial charge in [0.25, 0.3) is 0 Å². The first-order valence-electron chi connectivity index (χ1n) is 6.81. The van der Waals surface area contributed by atoms with Crippen molar-refractivity contribution in [3.05, 3.63) is 47.5 Å². The van der Waals surface area contributed by atoms with Crippen LogP contribution in [0.25, 0.3) is 0 Å². The minimum Gasteiger partial charge on any atom is -0.385 e. The Morgan fingerprint density at radius 3 is 2.33 bits per heavy atom. The summed E-state index contributed by atoms with van der Waals surface area (Å²) in [6, 6.07) is 8.86. The fourth-order valence-electron chi connectivity index (χ4n) is 2.61. The highest BCUT2D eigenvalue weighted by Gasteiger charge is 2.22. The third-order valence-corrected chi connectivity index (χ3v) is 3.66. The third kappa shape index (κ3) is 3.99. The molecule has 18 heavy (non-hydrogen) atoms. The van der Waals surface area contributed by atoms with Crippen LogP contribution in [-0.4, -0.2) is 13.7 Å². The third-order valence-electron chi connectivity index (χ3n) is 3.66. The van der Waals surface area contributed by atoms with Gasteiger partial charge < -0.3 is 4.74 Å². The molecule has 0 aliphatic rings. The molecule has 1 rings (SSSR count). The highest BCUT2D eigenvalue weighted by atomic mass is 16.5. The van der Waals surface area contributed by atoms with Crippen LogP contribution < -0.4 is 0 Å². The van der Waals surface area contributed by atoms with Crippen LogP contribution in [0.3, 0.4) is 0 Å². The molecule has 0 radical (unpaired) electrons. The van der Waals surface area contributed by atoms with Crippen molar-refractivity contribution < 1.29 is 4.74 Å². The zero-order valence-electron chi connectivity index (χ0n) is 12.2. The van der Waals surface area contributed by atoms with E-state index in [0.717, 1.165) is 19.4 Å². The van der Waals surface area contributed by atoms with Crippen LogP contribution in [0.1, 0.15) is 43.7 Å². The van der Waals surface area contributed by atoms with Crippen LogP contribution in [0.15, 0.2) is 36.4 Å². The normalized spacial score (nSPS) is 14.2. The highest BCUT2D eigenvalue weighted by molar-refractivity contribution is 5.30. The lowest BCUT2D eigenvalue weighted by atomic mass is 9.78. The summed E-state index contributed by atoms with van der Waals surface area (Å²) >= 11 is 0. The van der Waals surface area contributed by atoms with Crippen LogP contribution in [0.2, 0.25) is 0 Å². The molecule has 0 bridgehead atoms. The summed E-state index contributed by atoms with van der Waals surface area (Å²) in [5, 5.41) is 0. The summed E-state index contributed by atoms with van der Waals surface area (Å²) in [5.41, 5.74) is 3.95. The van der Waals surface area contributed by atoms with Gasteiger partial charge in [0.15, 0.2) is 0 Å². The molecule has 0 amide bonds. The molecule has 0 fully saturated rings. The van der Waals surface area contributed by atoms with Crippen molar-refractivity contribution >= 4 is 0 Å². The first-order valence-corrected chi connectivity index (χ1v) is 6.81. The summed E-state index contributed by atoms with van der Waals surface area (Å²) in [5.74, 6) is 1.07. The molecule has 0 aliphatic heterocycles. The SMILES string of the molecule is C=C(C)C(c1ccc(C)cc1)C(CC)CCOC. The number of allylic oxidation sites excluding steroid dienone is 1. The quantitative estimate of drug-likeness (QED) is 0.633. The Hall–Kier alpha value is -1.08. The molecular formula is C17H26O. The Morgan fingerprint density at radius 2 is 1.89 bits per heavy atom. The molecule has 0 heterocycles. The summed E-state index contributed by atoms with van der Waals surface area (Å²) in [6.07, 6.45) is 2.26. The van der Waals surface area contributed by atoms with Crippen molar-refractivity contribution in [1.29, 1.82) is 0 Å². The number of aryl methyl sites for hydroxylation is 1. The van der Waals surface area contributed by atoms with Gasteiger partial charge in [0.2, 0.25) is 0 Å². The average molecular weight is 246 g/mol. The zero-order valence-corrected chi connectivity index (χ0v) is 12.2. The van der Waals surface area contributed by atoms with Gasteiger partial charge in [-0.15, -0.1) is 0 Å². The van der Waals surface area contributed by atoms with E-state index in [1.54, 1.807) is 7.11 Å². The monoisotopic (exact) mass is 246 g/mol. The second kappa shape index (κ2) is 7.38. The Kier molecular flexibility index (Phi) is 6.14. The minimum atomic E-state index is 0.450. The number of methoxy groups -OCH3 is 1. The van der Waals surface area contributed by atoms with Gasteiger partial charge in [0.05, 0.1) is 0 Å². The molecule has 1 heteroatoms. The van der Waals surface area contributed by atoms with E-state index in [1.807, 2.05) is 0 Å². The lowest BCUT2D eigenvalue weighted by molar-refractivity contribution is 0.172. The maximum absolute atomic E-state index is 5.23. The Bertz CT molecular complexity index is 364.